The zero-order chi connectivity index (χ0) is 18.0. The molecule has 1 aromatic rings. The molecule has 1 fully saturated rings. The van der Waals surface area contributed by atoms with Crippen molar-refractivity contribution < 1.29 is 13.2 Å². The molecule has 5 nitrogen and oxygen atoms in total. The molecule has 0 saturated carbocycles. The van der Waals surface area contributed by atoms with Gasteiger partial charge in [0.15, 0.2) is 0 Å². The van der Waals surface area contributed by atoms with E-state index in [0.29, 0.717) is 18.7 Å². The van der Waals surface area contributed by atoms with Gasteiger partial charge >= 0.3 is 0 Å². The van der Waals surface area contributed by atoms with Gasteiger partial charge in [0.25, 0.3) is 5.91 Å². The maximum absolute atomic E-state index is 12.8. The van der Waals surface area contributed by atoms with Crippen molar-refractivity contribution >= 4 is 15.9 Å². The van der Waals surface area contributed by atoms with Crippen LogP contribution in [0.4, 0.5) is 0 Å². The van der Waals surface area contributed by atoms with Crippen LogP contribution in [0.2, 0.25) is 0 Å². The molecule has 0 aliphatic carbocycles. The van der Waals surface area contributed by atoms with E-state index in [1.165, 1.54) is 10.4 Å². The molecule has 1 amide bonds. The first-order valence-corrected chi connectivity index (χ1v) is 10.0. The van der Waals surface area contributed by atoms with Crippen LogP contribution in [0.15, 0.2) is 23.1 Å². The number of sulfonamides is 1. The van der Waals surface area contributed by atoms with Crippen molar-refractivity contribution in [1.29, 1.82) is 0 Å². The molecule has 0 bridgehead atoms. The maximum Gasteiger partial charge on any atom is 0.252 e. The van der Waals surface area contributed by atoms with E-state index >= 15 is 0 Å². The third-order valence-electron chi connectivity index (χ3n) is 4.74. The molecular formula is C18H28N2O3S. The Balaban J connectivity index is 2.32. The zero-order valence-electron chi connectivity index (χ0n) is 15.1. The number of nitrogens with zero attached hydrogens (tertiary/aromatic N) is 1. The summed E-state index contributed by atoms with van der Waals surface area (Å²) in [5, 5.41) is 2.97. The summed E-state index contributed by atoms with van der Waals surface area (Å²) >= 11 is 0. The van der Waals surface area contributed by atoms with Gasteiger partial charge in [-0.3, -0.25) is 4.79 Å². The molecule has 0 aromatic heterocycles. The molecule has 1 aliphatic heterocycles. The summed E-state index contributed by atoms with van der Waals surface area (Å²) in [7, 11) is -3.53. The van der Waals surface area contributed by atoms with Crippen LogP contribution in [-0.2, 0) is 10.0 Å². The fraction of sp³-hybridized carbons (Fsp3) is 0.611. The lowest BCUT2D eigenvalue weighted by molar-refractivity contribution is 0.0910. The van der Waals surface area contributed by atoms with Gasteiger partial charge in [-0.25, -0.2) is 8.42 Å². The van der Waals surface area contributed by atoms with Gasteiger partial charge in [-0.2, -0.15) is 4.31 Å². The monoisotopic (exact) mass is 352 g/mol. The second kappa shape index (κ2) is 7.23. The summed E-state index contributed by atoms with van der Waals surface area (Å²) in [4.78, 5) is 12.8. The lowest BCUT2D eigenvalue weighted by Crippen LogP contribution is -2.43. The van der Waals surface area contributed by atoms with E-state index in [1.807, 2.05) is 27.7 Å². The number of benzene rings is 1. The van der Waals surface area contributed by atoms with Crippen LogP contribution in [0, 0.1) is 6.92 Å². The van der Waals surface area contributed by atoms with Crippen LogP contribution >= 0.6 is 0 Å². The minimum Gasteiger partial charge on any atom is -0.347 e. The third kappa shape index (κ3) is 4.16. The molecule has 24 heavy (non-hydrogen) atoms. The van der Waals surface area contributed by atoms with E-state index in [-0.39, 0.29) is 16.3 Å². The van der Waals surface area contributed by atoms with Crippen LogP contribution in [0.25, 0.3) is 0 Å². The molecular weight excluding hydrogens is 324 g/mol. The number of rotatable bonds is 5. The third-order valence-corrected chi connectivity index (χ3v) is 6.64. The van der Waals surface area contributed by atoms with Gasteiger partial charge in [-0.15, -0.1) is 0 Å². The number of aryl methyl sites for hydroxylation is 1. The number of hydrogen-bond acceptors (Lipinski definition) is 3. The molecule has 0 atom stereocenters. The van der Waals surface area contributed by atoms with Gasteiger partial charge < -0.3 is 5.32 Å². The molecule has 1 aliphatic rings. The van der Waals surface area contributed by atoms with Crippen LogP contribution in [0.3, 0.4) is 0 Å². The van der Waals surface area contributed by atoms with Crippen molar-refractivity contribution in [3.63, 3.8) is 0 Å². The van der Waals surface area contributed by atoms with Gasteiger partial charge in [0.2, 0.25) is 10.0 Å². The SMILES string of the molecule is CCC(C)(C)NC(=O)c1cc(S(=O)(=O)N2CCCCC2)ccc1C. The van der Waals surface area contributed by atoms with Gasteiger partial charge in [-0.1, -0.05) is 19.4 Å². The summed E-state index contributed by atoms with van der Waals surface area (Å²) in [6, 6.07) is 4.83. The molecule has 2 rings (SSSR count). The first kappa shape index (κ1) is 18.9. The Morgan fingerprint density at radius 2 is 1.83 bits per heavy atom. The molecule has 0 radical (unpaired) electrons. The topological polar surface area (TPSA) is 66.5 Å². The number of carbonyl (C=O) groups is 1. The fourth-order valence-corrected chi connectivity index (χ4v) is 4.27. The van der Waals surface area contributed by atoms with E-state index in [0.717, 1.165) is 31.2 Å². The highest BCUT2D eigenvalue weighted by Gasteiger charge is 2.27. The smallest absolute Gasteiger partial charge is 0.252 e. The first-order chi connectivity index (χ1) is 11.2. The van der Waals surface area contributed by atoms with E-state index in [9.17, 15) is 13.2 Å². The average Bonchev–Trinajstić information content (AvgIpc) is 2.55. The predicted molar refractivity (Wildman–Crippen MR) is 95.6 cm³/mol. The normalized spacial score (nSPS) is 16.8. The number of nitrogens with one attached hydrogen (secondary N) is 1. The summed E-state index contributed by atoms with van der Waals surface area (Å²) in [6.07, 6.45) is 3.65. The molecule has 1 saturated heterocycles. The van der Waals surface area contributed by atoms with Crippen LogP contribution in [0.5, 0.6) is 0 Å². The van der Waals surface area contributed by atoms with Gasteiger partial charge in [-0.05, 0) is 57.7 Å². The number of hydrogen-bond donors (Lipinski definition) is 1. The second-order valence-electron chi connectivity index (χ2n) is 7.13. The predicted octanol–water partition coefficient (Wildman–Crippen LogP) is 3.09. The van der Waals surface area contributed by atoms with Crippen LogP contribution in [-0.4, -0.2) is 37.3 Å². The summed E-state index contributed by atoms with van der Waals surface area (Å²) in [5.74, 6) is -0.227. The zero-order valence-corrected chi connectivity index (χ0v) is 15.9. The minimum atomic E-state index is -3.53. The quantitative estimate of drug-likeness (QED) is 0.885. The molecule has 0 spiro atoms. The highest BCUT2D eigenvalue weighted by Crippen LogP contribution is 2.23. The first-order valence-electron chi connectivity index (χ1n) is 8.61. The Morgan fingerprint density at radius 1 is 1.21 bits per heavy atom. The van der Waals surface area contributed by atoms with Crippen molar-refractivity contribution in [3.05, 3.63) is 29.3 Å². The van der Waals surface area contributed by atoms with Crippen molar-refractivity contribution in [3.8, 4) is 0 Å². The van der Waals surface area contributed by atoms with Crippen molar-refractivity contribution in [2.24, 2.45) is 0 Å². The van der Waals surface area contributed by atoms with Gasteiger partial charge in [0, 0.05) is 24.2 Å². The van der Waals surface area contributed by atoms with E-state index < -0.39 is 10.0 Å². The summed E-state index contributed by atoms with van der Waals surface area (Å²) in [6.45, 7) is 8.85. The molecule has 1 heterocycles. The van der Waals surface area contributed by atoms with Crippen LogP contribution in [0.1, 0.15) is 62.4 Å². The Morgan fingerprint density at radius 3 is 2.42 bits per heavy atom. The Hall–Kier alpha value is -1.40. The Bertz CT molecular complexity index is 705. The minimum absolute atomic E-state index is 0.203. The Kier molecular flexibility index (Phi) is 5.71. The maximum atomic E-state index is 12.8. The van der Waals surface area contributed by atoms with Crippen molar-refractivity contribution in [2.75, 3.05) is 13.1 Å². The van der Waals surface area contributed by atoms with Crippen LogP contribution < -0.4 is 5.32 Å². The lowest BCUT2D eigenvalue weighted by atomic mass is 10.0. The largest absolute Gasteiger partial charge is 0.347 e. The highest BCUT2D eigenvalue weighted by molar-refractivity contribution is 7.89. The standard InChI is InChI=1S/C18H28N2O3S/c1-5-18(3,4)19-17(21)16-13-15(10-9-14(16)2)24(22,23)20-11-7-6-8-12-20/h9-10,13H,5-8,11-12H2,1-4H3,(H,19,21). The van der Waals surface area contributed by atoms with Gasteiger partial charge in [0.05, 0.1) is 4.90 Å². The Labute approximate surface area is 145 Å². The number of amides is 1. The molecule has 134 valence electrons. The second-order valence-corrected chi connectivity index (χ2v) is 9.07. The number of carbonyl (C=O) groups excluding carboxylic acids is 1. The summed E-state index contributed by atoms with van der Waals surface area (Å²) in [5.41, 5.74) is 0.872. The summed E-state index contributed by atoms with van der Waals surface area (Å²) < 4.78 is 27.1. The molecule has 0 unspecified atom stereocenters. The number of piperidine rings is 1. The highest BCUT2D eigenvalue weighted by atomic mass is 32.2. The average molecular weight is 353 g/mol. The van der Waals surface area contributed by atoms with E-state index in [4.69, 9.17) is 0 Å². The lowest BCUT2D eigenvalue weighted by Gasteiger charge is -2.27. The molecule has 6 heteroatoms. The van der Waals surface area contributed by atoms with Crippen molar-refractivity contribution in [1.82, 2.24) is 9.62 Å². The van der Waals surface area contributed by atoms with E-state index in [1.54, 1.807) is 12.1 Å². The molecule has 1 N–H and O–H groups in total. The van der Waals surface area contributed by atoms with Gasteiger partial charge in [0.1, 0.15) is 0 Å². The van der Waals surface area contributed by atoms with E-state index in [2.05, 4.69) is 5.32 Å². The molecule has 1 aromatic carbocycles. The fourth-order valence-electron chi connectivity index (χ4n) is 2.72. The van der Waals surface area contributed by atoms with Crippen molar-refractivity contribution in [2.45, 2.75) is 63.8 Å².